The van der Waals surface area contributed by atoms with E-state index in [2.05, 4.69) is 5.32 Å². The first-order valence-corrected chi connectivity index (χ1v) is 8.47. The fraction of sp³-hybridized carbons (Fsp3) is 0.500. The summed E-state index contributed by atoms with van der Waals surface area (Å²) in [4.78, 5) is 0.195. The molecule has 1 unspecified atom stereocenters. The first-order valence-electron chi connectivity index (χ1n) is 5.91. The van der Waals surface area contributed by atoms with Gasteiger partial charge < -0.3 is 10.4 Å². The van der Waals surface area contributed by atoms with Crippen LogP contribution in [0.4, 0.5) is 5.69 Å². The quantitative estimate of drug-likeness (QED) is 0.756. The number of alkyl halides is 1. The molecule has 2 N–H and O–H groups in total. The molecular weight excluding hydrogens is 309 g/mol. The van der Waals surface area contributed by atoms with Gasteiger partial charge in [0.1, 0.15) is 0 Å². The van der Waals surface area contributed by atoms with E-state index in [0.717, 1.165) is 0 Å². The zero-order chi connectivity index (χ0) is 14.5. The number of aliphatic hydroxyl groups is 1. The lowest BCUT2D eigenvalue weighted by molar-refractivity contribution is 0.211. The van der Waals surface area contributed by atoms with Crippen LogP contribution in [0.15, 0.2) is 23.1 Å². The van der Waals surface area contributed by atoms with Gasteiger partial charge in [-0.3, -0.25) is 0 Å². The van der Waals surface area contributed by atoms with Gasteiger partial charge in [-0.25, -0.2) is 8.42 Å². The van der Waals surface area contributed by atoms with E-state index in [-0.39, 0.29) is 23.1 Å². The van der Waals surface area contributed by atoms with Gasteiger partial charge in [0, 0.05) is 11.6 Å². The maximum atomic E-state index is 12.1. The number of hydrogen-bond acceptors (Lipinski definition) is 4. The number of hydrogen-bond donors (Lipinski definition) is 2. The summed E-state index contributed by atoms with van der Waals surface area (Å²) < 4.78 is 24.2. The zero-order valence-corrected chi connectivity index (χ0v) is 12.9. The van der Waals surface area contributed by atoms with Crippen molar-refractivity contribution in [2.45, 2.75) is 24.3 Å². The van der Waals surface area contributed by atoms with Gasteiger partial charge in [0.25, 0.3) is 0 Å². The molecule has 0 saturated heterocycles. The molecule has 0 aliphatic carbocycles. The van der Waals surface area contributed by atoms with Crippen molar-refractivity contribution in [1.29, 1.82) is 0 Å². The van der Waals surface area contributed by atoms with Crippen LogP contribution in [-0.2, 0) is 9.84 Å². The van der Waals surface area contributed by atoms with Gasteiger partial charge in [-0.2, -0.15) is 0 Å². The second-order valence-corrected chi connectivity index (χ2v) is 6.97. The van der Waals surface area contributed by atoms with Crippen molar-refractivity contribution >= 4 is 38.7 Å². The van der Waals surface area contributed by atoms with Crippen LogP contribution in [0.1, 0.15) is 13.3 Å². The largest absolute Gasteiger partial charge is 0.390 e. The number of aliphatic hydroxyl groups excluding tert-OH is 1. The maximum absolute atomic E-state index is 12.1. The first-order chi connectivity index (χ1) is 8.90. The predicted molar refractivity (Wildman–Crippen MR) is 79.0 cm³/mol. The van der Waals surface area contributed by atoms with Gasteiger partial charge in [0.15, 0.2) is 9.84 Å². The number of sulfone groups is 1. The van der Waals surface area contributed by atoms with E-state index in [0.29, 0.717) is 17.1 Å². The number of halogens is 2. The fourth-order valence-electron chi connectivity index (χ4n) is 1.57. The van der Waals surface area contributed by atoms with Gasteiger partial charge in [0.2, 0.25) is 0 Å². The molecule has 0 fully saturated rings. The molecule has 1 rings (SSSR count). The van der Waals surface area contributed by atoms with Gasteiger partial charge in [0.05, 0.1) is 28.3 Å². The van der Waals surface area contributed by atoms with Crippen molar-refractivity contribution in [3.63, 3.8) is 0 Å². The van der Waals surface area contributed by atoms with Gasteiger partial charge in [-0.15, -0.1) is 11.6 Å². The number of nitrogens with one attached hydrogen (secondary N) is 1. The first kappa shape index (κ1) is 16.6. The van der Waals surface area contributed by atoms with Crippen molar-refractivity contribution in [1.82, 2.24) is 0 Å². The Bertz CT molecular complexity index is 520. The third kappa shape index (κ3) is 4.84. The van der Waals surface area contributed by atoms with Crippen molar-refractivity contribution in [3.8, 4) is 0 Å². The Morgan fingerprint density at radius 3 is 2.68 bits per heavy atom. The Morgan fingerprint density at radius 1 is 1.42 bits per heavy atom. The SMILES string of the molecule is CCCS(=O)(=O)c1ccc(Cl)cc1NCC(O)CCl. The molecule has 0 radical (unpaired) electrons. The zero-order valence-electron chi connectivity index (χ0n) is 10.6. The Balaban J connectivity index is 3.05. The van der Waals surface area contributed by atoms with E-state index in [9.17, 15) is 13.5 Å². The number of anilines is 1. The van der Waals surface area contributed by atoms with E-state index in [4.69, 9.17) is 23.2 Å². The molecule has 1 atom stereocenters. The van der Waals surface area contributed by atoms with Crippen LogP contribution >= 0.6 is 23.2 Å². The minimum Gasteiger partial charge on any atom is -0.390 e. The Kier molecular flexibility index (Phi) is 6.39. The normalized spacial score (nSPS) is 13.3. The fourth-order valence-corrected chi connectivity index (χ4v) is 3.35. The summed E-state index contributed by atoms with van der Waals surface area (Å²) in [6.45, 7) is 1.97. The van der Waals surface area contributed by atoms with Crippen LogP contribution in [0.25, 0.3) is 0 Å². The highest BCUT2D eigenvalue weighted by Crippen LogP contribution is 2.26. The van der Waals surface area contributed by atoms with Crippen LogP contribution in [0.2, 0.25) is 5.02 Å². The summed E-state index contributed by atoms with van der Waals surface area (Å²) in [6.07, 6.45) is -0.211. The highest BCUT2D eigenvalue weighted by molar-refractivity contribution is 7.91. The van der Waals surface area contributed by atoms with Crippen molar-refractivity contribution in [2.75, 3.05) is 23.5 Å². The number of rotatable bonds is 7. The molecule has 4 nitrogen and oxygen atoms in total. The highest BCUT2D eigenvalue weighted by atomic mass is 35.5. The number of benzene rings is 1. The van der Waals surface area contributed by atoms with Gasteiger partial charge >= 0.3 is 0 Å². The third-order valence-electron chi connectivity index (χ3n) is 2.46. The topological polar surface area (TPSA) is 66.4 Å². The van der Waals surface area contributed by atoms with Crippen molar-refractivity contribution < 1.29 is 13.5 Å². The van der Waals surface area contributed by atoms with Gasteiger partial charge in [-0.1, -0.05) is 18.5 Å². The average Bonchev–Trinajstić information content (AvgIpc) is 2.35. The lowest BCUT2D eigenvalue weighted by Crippen LogP contribution is -2.22. The molecule has 0 amide bonds. The predicted octanol–water partition coefficient (Wildman–Crippen LogP) is 2.54. The van der Waals surface area contributed by atoms with E-state index in [1.807, 2.05) is 0 Å². The average molecular weight is 326 g/mol. The maximum Gasteiger partial charge on any atom is 0.180 e. The van der Waals surface area contributed by atoms with Crippen LogP contribution in [0.5, 0.6) is 0 Å². The third-order valence-corrected chi connectivity index (χ3v) is 5.02. The molecule has 0 spiro atoms. The highest BCUT2D eigenvalue weighted by Gasteiger charge is 2.18. The van der Waals surface area contributed by atoms with Crippen molar-refractivity contribution in [2.24, 2.45) is 0 Å². The second kappa shape index (κ2) is 7.33. The molecule has 1 aromatic carbocycles. The van der Waals surface area contributed by atoms with E-state index < -0.39 is 15.9 Å². The molecule has 0 aliphatic heterocycles. The van der Waals surface area contributed by atoms with Crippen LogP contribution in [0, 0.1) is 0 Å². The summed E-state index contributed by atoms with van der Waals surface area (Å²) >= 11 is 11.4. The standard InChI is InChI=1S/C12H17Cl2NO3S/c1-2-5-19(17,18)12-4-3-9(14)6-11(12)15-8-10(16)7-13/h3-4,6,10,15-16H,2,5,7-8H2,1H3. The lowest BCUT2D eigenvalue weighted by Gasteiger charge is -2.14. The minimum absolute atomic E-state index is 0.0708. The van der Waals surface area contributed by atoms with E-state index in [1.165, 1.54) is 18.2 Å². The van der Waals surface area contributed by atoms with Crippen LogP contribution in [-0.4, -0.2) is 37.8 Å². The van der Waals surface area contributed by atoms with Crippen LogP contribution in [0.3, 0.4) is 0 Å². The molecule has 0 aromatic heterocycles. The summed E-state index contributed by atoms with van der Waals surface area (Å²) in [5, 5.41) is 12.7. The molecule has 19 heavy (non-hydrogen) atoms. The summed E-state index contributed by atoms with van der Waals surface area (Å²) in [5.41, 5.74) is 0.394. The summed E-state index contributed by atoms with van der Waals surface area (Å²) in [6, 6.07) is 4.54. The van der Waals surface area contributed by atoms with Gasteiger partial charge in [-0.05, 0) is 24.6 Å². The summed E-state index contributed by atoms with van der Waals surface area (Å²) in [5.74, 6) is 0.145. The molecule has 0 saturated carbocycles. The van der Waals surface area contributed by atoms with Crippen LogP contribution < -0.4 is 5.32 Å². The smallest absolute Gasteiger partial charge is 0.180 e. The second-order valence-electron chi connectivity index (χ2n) is 4.15. The Labute approximate surface area is 123 Å². The van der Waals surface area contributed by atoms with E-state index in [1.54, 1.807) is 6.92 Å². The van der Waals surface area contributed by atoms with E-state index >= 15 is 0 Å². The molecule has 0 heterocycles. The molecule has 0 bridgehead atoms. The molecule has 0 aliphatic rings. The molecule has 1 aromatic rings. The molecule has 108 valence electrons. The summed E-state index contributed by atoms with van der Waals surface area (Å²) in [7, 11) is -3.35. The molecule has 7 heteroatoms. The Hall–Kier alpha value is -0.490. The lowest BCUT2D eigenvalue weighted by atomic mass is 10.3. The Morgan fingerprint density at radius 2 is 2.11 bits per heavy atom. The van der Waals surface area contributed by atoms with Crippen molar-refractivity contribution in [3.05, 3.63) is 23.2 Å². The molecular formula is C12H17Cl2NO3S. The monoisotopic (exact) mass is 325 g/mol. The minimum atomic E-state index is -3.35.